The molecule has 4 heteroatoms. The second kappa shape index (κ2) is 4.88. The highest BCUT2D eigenvalue weighted by Crippen LogP contribution is 2.26. The first-order chi connectivity index (χ1) is 8.11. The molecule has 2 unspecified atom stereocenters. The number of ketones is 1. The van der Waals surface area contributed by atoms with E-state index in [1.54, 1.807) is 13.0 Å². The number of benzene rings is 1. The first-order valence-electron chi connectivity index (χ1n) is 5.65. The molecule has 1 N–H and O–H groups in total. The van der Waals surface area contributed by atoms with Crippen molar-refractivity contribution in [2.75, 3.05) is 5.32 Å². The number of alkyl halides is 1. The number of aldehydes is 1. The van der Waals surface area contributed by atoms with Gasteiger partial charge in [0.2, 0.25) is 0 Å². The second-order valence-corrected chi connectivity index (χ2v) is 4.93. The third kappa shape index (κ3) is 2.50. The molecule has 0 bridgehead atoms. The molecule has 0 radical (unpaired) electrons. The molecular weight excluding hydrogens is 238 g/mol. The molecule has 0 spiro atoms. The summed E-state index contributed by atoms with van der Waals surface area (Å²) in [6, 6.07) is 5.35. The van der Waals surface area contributed by atoms with Crippen molar-refractivity contribution in [2.24, 2.45) is 0 Å². The minimum atomic E-state index is -0.507. The van der Waals surface area contributed by atoms with Crippen LogP contribution in [0.3, 0.4) is 0 Å². The quantitative estimate of drug-likeness (QED) is 0.510. The maximum Gasteiger partial charge on any atom is 0.180 e. The van der Waals surface area contributed by atoms with E-state index in [2.05, 4.69) is 5.32 Å². The molecule has 2 atom stereocenters. The summed E-state index contributed by atoms with van der Waals surface area (Å²) in [5, 5.41) is 2.62. The number of rotatable bonds is 3. The molecule has 3 nitrogen and oxygen atoms in total. The van der Waals surface area contributed by atoms with Crippen molar-refractivity contribution in [1.82, 2.24) is 0 Å². The molecule has 0 aromatic heterocycles. The highest BCUT2D eigenvalue weighted by Gasteiger charge is 2.19. The van der Waals surface area contributed by atoms with Gasteiger partial charge in [-0.2, -0.15) is 0 Å². The Hall–Kier alpha value is -1.35. The fourth-order valence-electron chi connectivity index (χ4n) is 2.01. The monoisotopic (exact) mass is 251 g/mol. The van der Waals surface area contributed by atoms with Gasteiger partial charge in [-0.25, -0.2) is 0 Å². The van der Waals surface area contributed by atoms with Crippen LogP contribution in [0, 0.1) is 0 Å². The Kier molecular flexibility index (Phi) is 3.48. The summed E-state index contributed by atoms with van der Waals surface area (Å²) in [4.78, 5) is 22.4. The van der Waals surface area contributed by atoms with Gasteiger partial charge in [-0.15, -0.1) is 11.6 Å². The minimum absolute atomic E-state index is 0.0630. The number of hydrogen-bond acceptors (Lipinski definition) is 3. The number of hydrogen-bond donors (Lipinski definition) is 1. The van der Waals surface area contributed by atoms with E-state index in [0.717, 1.165) is 30.4 Å². The molecule has 0 aliphatic carbocycles. The van der Waals surface area contributed by atoms with Crippen LogP contribution >= 0.6 is 11.6 Å². The highest BCUT2D eigenvalue weighted by molar-refractivity contribution is 6.33. The maximum atomic E-state index is 11.7. The number of halogens is 1. The Bertz CT molecular complexity index is 457. The SMILES string of the molecule is CC(Cl)C(=O)c1ccc2c(c1)CCC(C=O)N2. The largest absolute Gasteiger partial charge is 0.375 e. The van der Waals surface area contributed by atoms with Crippen molar-refractivity contribution in [1.29, 1.82) is 0 Å². The summed E-state index contributed by atoms with van der Waals surface area (Å²) in [5.41, 5.74) is 2.65. The van der Waals surface area contributed by atoms with Crippen LogP contribution in [0.25, 0.3) is 0 Å². The van der Waals surface area contributed by atoms with Crippen LogP contribution in [-0.2, 0) is 11.2 Å². The molecule has 0 fully saturated rings. The minimum Gasteiger partial charge on any atom is -0.375 e. The Morgan fingerprint density at radius 3 is 3.00 bits per heavy atom. The van der Waals surface area contributed by atoms with Crippen molar-refractivity contribution < 1.29 is 9.59 Å². The number of Topliss-reactive ketones (excluding diaryl/α,β-unsaturated/α-hetero) is 1. The van der Waals surface area contributed by atoms with Crippen LogP contribution in [0.4, 0.5) is 5.69 Å². The normalized spacial score (nSPS) is 20.0. The molecule has 1 aromatic carbocycles. The second-order valence-electron chi connectivity index (χ2n) is 4.28. The predicted molar refractivity (Wildman–Crippen MR) is 67.9 cm³/mol. The van der Waals surface area contributed by atoms with Crippen LogP contribution in [0.2, 0.25) is 0 Å². The summed E-state index contributed by atoms with van der Waals surface area (Å²) >= 11 is 5.78. The fourth-order valence-corrected chi connectivity index (χ4v) is 2.14. The van der Waals surface area contributed by atoms with Crippen molar-refractivity contribution in [3.05, 3.63) is 29.3 Å². The van der Waals surface area contributed by atoms with Gasteiger partial charge < -0.3 is 10.1 Å². The average Bonchev–Trinajstić information content (AvgIpc) is 2.36. The fraction of sp³-hybridized carbons (Fsp3) is 0.385. The lowest BCUT2D eigenvalue weighted by Crippen LogP contribution is -2.26. The molecule has 0 saturated heterocycles. The molecule has 1 heterocycles. The Balaban J connectivity index is 2.27. The average molecular weight is 252 g/mol. The molecule has 17 heavy (non-hydrogen) atoms. The van der Waals surface area contributed by atoms with Gasteiger partial charge in [0.05, 0.1) is 11.4 Å². The van der Waals surface area contributed by atoms with E-state index in [9.17, 15) is 9.59 Å². The van der Waals surface area contributed by atoms with Gasteiger partial charge in [0.1, 0.15) is 6.29 Å². The van der Waals surface area contributed by atoms with E-state index in [1.165, 1.54) is 0 Å². The van der Waals surface area contributed by atoms with Crippen LogP contribution in [0.1, 0.15) is 29.3 Å². The summed E-state index contributed by atoms with van der Waals surface area (Å²) in [6.45, 7) is 1.67. The molecular formula is C13H14ClNO2. The van der Waals surface area contributed by atoms with Gasteiger partial charge in [-0.05, 0) is 43.5 Å². The maximum absolute atomic E-state index is 11.7. The third-order valence-corrected chi connectivity index (χ3v) is 3.18. The summed E-state index contributed by atoms with van der Waals surface area (Å²) in [7, 11) is 0. The van der Waals surface area contributed by atoms with Crippen LogP contribution < -0.4 is 5.32 Å². The van der Waals surface area contributed by atoms with Gasteiger partial charge in [-0.1, -0.05) is 0 Å². The molecule has 1 aromatic rings. The van der Waals surface area contributed by atoms with Crippen molar-refractivity contribution >= 4 is 29.4 Å². The highest BCUT2D eigenvalue weighted by atomic mass is 35.5. The predicted octanol–water partition coefficient (Wildman–Crippen LogP) is 2.42. The summed E-state index contributed by atoms with van der Waals surface area (Å²) < 4.78 is 0. The molecule has 1 aliphatic heterocycles. The number of anilines is 1. The van der Waals surface area contributed by atoms with Gasteiger partial charge in [-0.3, -0.25) is 4.79 Å². The smallest absolute Gasteiger partial charge is 0.180 e. The number of nitrogens with one attached hydrogen (secondary N) is 1. The van der Waals surface area contributed by atoms with E-state index in [-0.39, 0.29) is 11.8 Å². The van der Waals surface area contributed by atoms with E-state index in [4.69, 9.17) is 11.6 Å². The van der Waals surface area contributed by atoms with Gasteiger partial charge >= 0.3 is 0 Å². The molecule has 0 amide bonds. The lowest BCUT2D eigenvalue weighted by atomic mass is 9.95. The zero-order chi connectivity index (χ0) is 12.4. The molecule has 0 saturated carbocycles. The van der Waals surface area contributed by atoms with Crippen LogP contribution in [0.15, 0.2) is 18.2 Å². The summed E-state index contributed by atoms with van der Waals surface area (Å²) in [5.74, 6) is -0.0630. The number of aryl methyl sites for hydroxylation is 1. The van der Waals surface area contributed by atoms with Crippen LogP contribution in [-0.4, -0.2) is 23.5 Å². The van der Waals surface area contributed by atoms with E-state index in [1.807, 2.05) is 12.1 Å². The first-order valence-corrected chi connectivity index (χ1v) is 6.08. The summed E-state index contributed by atoms with van der Waals surface area (Å²) in [6.07, 6.45) is 2.50. The Morgan fingerprint density at radius 2 is 2.35 bits per heavy atom. The number of fused-ring (bicyclic) bond motifs is 1. The van der Waals surface area contributed by atoms with E-state index >= 15 is 0 Å². The van der Waals surface area contributed by atoms with Crippen molar-refractivity contribution in [3.8, 4) is 0 Å². The van der Waals surface area contributed by atoms with Crippen molar-refractivity contribution in [3.63, 3.8) is 0 Å². The van der Waals surface area contributed by atoms with Crippen LogP contribution in [0.5, 0.6) is 0 Å². The van der Waals surface area contributed by atoms with Gasteiger partial charge in [0, 0.05) is 11.3 Å². The lowest BCUT2D eigenvalue weighted by Gasteiger charge is -2.23. The third-order valence-electron chi connectivity index (χ3n) is 2.98. The van der Waals surface area contributed by atoms with Gasteiger partial charge in [0.15, 0.2) is 5.78 Å². The Morgan fingerprint density at radius 1 is 1.59 bits per heavy atom. The first kappa shape index (κ1) is 12.1. The number of carbonyl (C=O) groups excluding carboxylic acids is 2. The molecule has 1 aliphatic rings. The van der Waals surface area contributed by atoms with Gasteiger partial charge in [0.25, 0.3) is 0 Å². The zero-order valence-corrected chi connectivity index (χ0v) is 10.3. The zero-order valence-electron chi connectivity index (χ0n) is 9.57. The molecule has 2 rings (SSSR count). The number of carbonyl (C=O) groups is 2. The van der Waals surface area contributed by atoms with Crippen molar-refractivity contribution in [2.45, 2.75) is 31.2 Å². The lowest BCUT2D eigenvalue weighted by molar-refractivity contribution is -0.108. The Labute approximate surface area is 105 Å². The topological polar surface area (TPSA) is 46.2 Å². The molecule has 90 valence electrons. The standard InChI is InChI=1S/C13H14ClNO2/c1-8(14)13(17)10-3-5-12-9(6-10)2-4-11(7-16)15-12/h3,5-8,11,15H,2,4H2,1H3. The van der Waals surface area contributed by atoms with E-state index < -0.39 is 5.38 Å². The van der Waals surface area contributed by atoms with E-state index in [0.29, 0.717) is 5.56 Å².